The third-order valence-corrected chi connectivity index (χ3v) is 5.88. The second-order valence-corrected chi connectivity index (χ2v) is 8.49. The molecule has 8 nitrogen and oxygen atoms in total. The largest absolute Gasteiger partial charge is 0.493 e. The van der Waals surface area contributed by atoms with Crippen molar-refractivity contribution < 1.29 is 32.6 Å². The van der Waals surface area contributed by atoms with Gasteiger partial charge in [0, 0.05) is 25.8 Å². The van der Waals surface area contributed by atoms with Crippen molar-refractivity contribution in [2.24, 2.45) is 0 Å². The molecule has 0 bridgehead atoms. The molecule has 0 saturated heterocycles. The normalized spacial score (nSPS) is 10.7. The number of nitrogens with zero attached hydrogens (tertiary/aromatic N) is 2. The number of carbonyl (C=O) groups excluding carboxylic acids is 2. The smallest absolute Gasteiger partial charge is 0.254 e. The van der Waals surface area contributed by atoms with Crippen molar-refractivity contribution in [1.82, 2.24) is 9.80 Å². The van der Waals surface area contributed by atoms with Gasteiger partial charge in [-0.3, -0.25) is 9.59 Å². The summed E-state index contributed by atoms with van der Waals surface area (Å²) in [7, 11) is 4.67. The topological polar surface area (TPSA) is 81.5 Å². The van der Waals surface area contributed by atoms with Crippen molar-refractivity contribution >= 4 is 11.8 Å². The number of halogens is 1. The average molecular weight is 513 g/mol. The van der Waals surface area contributed by atoms with E-state index in [-0.39, 0.29) is 38.1 Å². The number of benzene rings is 2. The predicted molar refractivity (Wildman–Crippen MR) is 136 cm³/mol. The van der Waals surface area contributed by atoms with E-state index >= 15 is 0 Å². The molecule has 3 aromatic rings. The molecule has 0 fully saturated rings. The van der Waals surface area contributed by atoms with Crippen LogP contribution in [0.5, 0.6) is 11.5 Å². The van der Waals surface area contributed by atoms with Crippen LogP contribution in [-0.2, 0) is 22.5 Å². The number of ether oxygens (including phenoxy) is 3. The second kappa shape index (κ2) is 13.5. The molecule has 0 aliphatic rings. The Balaban J connectivity index is 1.78. The van der Waals surface area contributed by atoms with Crippen LogP contribution in [0.25, 0.3) is 0 Å². The van der Waals surface area contributed by atoms with E-state index in [4.69, 9.17) is 18.6 Å². The Kier molecular flexibility index (Phi) is 10.1. The highest BCUT2D eigenvalue weighted by molar-refractivity contribution is 5.96. The van der Waals surface area contributed by atoms with E-state index in [1.807, 2.05) is 37.3 Å². The highest BCUT2D eigenvalue weighted by Crippen LogP contribution is 2.28. The van der Waals surface area contributed by atoms with Gasteiger partial charge in [-0.1, -0.05) is 6.07 Å². The molecule has 9 heteroatoms. The zero-order valence-corrected chi connectivity index (χ0v) is 21.7. The van der Waals surface area contributed by atoms with E-state index in [9.17, 15) is 14.0 Å². The van der Waals surface area contributed by atoms with Gasteiger partial charge in [0.25, 0.3) is 5.91 Å². The van der Waals surface area contributed by atoms with Crippen molar-refractivity contribution in [3.8, 4) is 11.5 Å². The highest BCUT2D eigenvalue weighted by Gasteiger charge is 2.23. The maximum Gasteiger partial charge on any atom is 0.254 e. The van der Waals surface area contributed by atoms with E-state index in [0.717, 1.165) is 11.3 Å². The van der Waals surface area contributed by atoms with Gasteiger partial charge in [-0.05, 0) is 67.4 Å². The SMILES string of the molecule is COCCN(CC(=O)N(CCc1ccc(OC)c(OC)c1)Cc1ccc(C)o1)C(=O)c1ccc(F)cc1. The van der Waals surface area contributed by atoms with Crippen molar-refractivity contribution in [2.45, 2.75) is 19.9 Å². The Bertz CT molecular complexity index is 1180. The van der Waals surface area contributed by atoms with Crippen LogP contribution in [0.1, 0.15) is 27.4 Å². The summed E-state index contributed by atoms with van der Waals surface area (Å²) in [5.74, 6) is 1.56. The molecular weight excluding hydrogens is 479 g/mol. The van der Waals surface area contributed by atoms with Gasteiger partial charge >= 0.3 is 0 Å². The van der Waals surface area contributed by atoms with Crippen LogP contribution in [0.15, 0.2) is 59.0 Å². The van der Waals surface area contributed by atoms with Crippen LogP contribution in [0, 0.1) is 12.7 Å². The predicted octanol–water partition coefficient (Wildman–Crippen LogP) is 4.10. The number of furan rings is 1. The van der Waals surface area contributed by atoms with Crippen LogP contribution in [-0.4, -0.2) is 69.2 Å². The van der Waals surface area contributed by atoms with Gasteiger partial charge in [0.1, 0.15) is 23.9 Å². The van der Waals surface area contributed by atoms with E-state index in [1.165, 1.54) is 36.3 Å². The van der Waals surface area contributed by atoms with E-state index < -0.39 is 5.82 Å². The fourth-order valence-corrected chi connectivity index (χ4v) is 3.84. The lowest BCUT2D eigenvalue weighted by molar-refractivity contribution is -0.132. The molecule has 2 amide bonds. The van der Waals surface area contributed by atoms with E-state index in [2.05, 4.69) is 0 Å². The van der Waals surface area contributed by atoms with Gasteiger partial charge < -0.3 is 28.4 Å². The lowest BCUT2D eigenvalue weighted by Gasteiger charge is -2.27. The third-order valence-electron chi connectivity index (χ3n) is 5.88. The fourth-order valence-electron chi connectivity index (χ4n) is 3.84. The van der Waals surface area contributed by atoms with Gasteiger partial charge in [0.05, 0.1) is 27.4 Å². The van der Waals surface area contributed by atoms with E-state index in [1.54, 1.807) is 19.1 Å². The first-order valence-electron chi connectivity index (χ1n) is 11.9. The van der Waals surface area contributed by atoms with Crippen LogP contribution < -0.4 is 9.47 Å². The maximum absolute atomic E-state index is 13.5. The molecule has 0 aliphatic carbocycles. The minimum Gasteiger partial charge on any atom is -0.493 e. The van der Waals surface area contributed by atoms with Crippen LogP contribution in [0.2, 0.25) is 0 Å². The molecule has 0 atom stereocenters. The first kappa shape index (κ1) is 27.7. The monoisotopic (exact) mass is 512 g/mol. The van der Waals surface area contributed by atoms with Crippen molar-refractivity contribution in [3.63, 3.8) is 0 Å². The minimum absolute atomic E-state index is 0.162. The Morgan fingerprint density at radius 3 is 2.24 bits per heavy atom. The molecule has 198 valence electrons. The molecule has 0 N–H and O–H groups in total. The molecule has 0 saturated carbocycles. The first-order chi connectivity index (χ1) is 17.8. The number of aryl methyl sites for hydroxylation is 1. The summed E-state index contributed by atoms with van der Waals surface area (Å²) in [6.45, 7) is 2.78. The van der Waals surface area contributed by atoms with Gasteiger partial charge in [-0.15, -0.1) is 0 Å². The quantitative estimate of drug-likeness (QED) is 0.343. The third kappa shape index (κ3) is 7.82. The molecule has 1 aromatic heterocycles. The lowest BCUT2D eigenvalue weighted by Crippen LogP contribution is -2.44. The standard InChI is InChI=1S/C28H33FN2O6/c1-20-5-11-24(37-20)18-30(14-13-21-6-12-25(35-3)26(17-21)36-4)27(32)19-31(15-16-34-2)28(33)22-7-9-23(29)10-8-22/h5-12,17H,13-16,18-19H2,1-4H3. The average Bonchev–Trinajstić information content (AvgIpc) is 3.32. The summed E-state index contributed by atoms with van der Waals surface area (Å²) in [6.07, 6.45) is 0.551. The zero-order valence-electron chi connectivity index (χ0n) is 21.7. The van der Waals surface area contributed by atoms with Gasteiger partial charge in [-0.25, -0.2) is 4.39 Å². The van der Waals surface area contributed by atoms with Crippen molar-refractivity contribution in [3.05, 3.63) is 83.1 Å². The van der Waals surface area contributed by atoms with Crippen LogP contribution >= 0.6 is 0 Å². The lowest BCUT2D eigenvalue weighted by atomic mass is 10.1. The highest BCUT2D eigenvalue weighted by atomic mass is 19.1. The number of rotatable bonds is 13. The summed E-state index contributed by atoms with van der Waals surface area (Å²) in [4.78, 5) is 29.7. The number of amides is 2. The molecule has 0 unspecified atom stereocenters. The Morgan fingerprint density at radius 1 is 0.892 bits per heavy atom. The van der Waals surface area contributed by atoms with Crippen molar-refractivity contribution in [1.29, 1.82) is 0 Å². The number of carbonyl (C=O) groups is 2. The number of methoxy groups -OCH3 is 3. The van der Waals surface area contributed by atoms with Gasteiger partial charge in [0.15, 0.2) is 11.5 Å². The summed E-state index contributed by atoms with van der Waals surface area (Å²) >= 11 is 0. The molecular formula is C28H33FN2O6. The minimum atomic E-state index is -0.439. The summed E-state index contributed by atoms with van der Waals surface area (Å²) < 4.78 is 34.9. The summed E-state index contributed by atoms with van der Waals surface area (Å²) in [6, 6.07) is 14.5. The maximum atomic E-state index is 13.5. The molecule has 0 aliphatic heterocycles. The summed E-state index contributed by atoms with van der Waals surface area (Å²) in [5, 5.41) is 0. The second-order valence-electron chi connectivity index (χ2n) is 8.49. The zero-order chi connectivity index (χ0) is 26.8. The Morgan fingerprint density at radius 2 is 1.62 bits per heavy atom. The Hall–Kier alpha value is -3.85. The molecule has 2 aromatic carbocycles. The van der Waals surface area contributed by atoms with Crippen LogP contribution in [0.3, 0.4) is 0 Å². The first-order valence-corrected chi connectivity index (χ1v) is 11.9. The number of hydrogen-bond donors (Lipinski definition) is 0. The number of hydrogen-bond acceptors (Lipinski definition) is 6. The van der Waals surface area contributed by atoms with E-state index in [0.29, 0.717) is 35.8 Å². The molecule has 3 rings (SSSR count). The van der Waals surface area contributed by atoms with Crippen molar-refractivity contribution in [2.75, 3.05) is 47.6 Å². The fraction of sp³-hybridized carbons (Fsp3) is 0.357. The molecule has 37 heavy (non-hydrogen) atoms. The molecule has 1 heterocycles. The Labute approximate surface area is 216 Å². The van der Waals surface area contributed by atoms with Gasteiger partial charge in [-0.2, -0.15) is 0 Å². The van der Waals surface area contributed by atoms with Crippen LogP contribution in [0.4, 0.5) is 4.39 Å². The molecule has 0 spiro atoms. The van der Waals surface area contributed by atoms with Gasteiger partial charge in [0.2, 0.25) is 5.91 Å². The summed E-state index contributed by atoms with van der Waals surface area (Å²) in [5.41, 5.74) is 1.26. The molecule has 0 radical (unpaired) electrons.